The van der Waals surface area contributed by atoms with Gasteiger partial charge in [0.25, 0.3) is 0 Å². The minimum Gasteiger partial charge on any atom is -0.352 e. The highest BCUT2D eigenvalue weighted by molar-refractivity contribution is 6.16. The molecule has 6 nitrogen and oxygen atoms in total. The largest absolute Gasteiger partial charge is 0.352 e. The van der Waals surface area contributed by atoms with E-state index in [-0.39, 0.29) is 6.04 Å². The summed E-state index contributed by atoms with van der Waals surface area (Å²) in [5.74, 6) is 1.66. The highest BCUT2D eigenvalue weighted by Gasteiger charge is 2.32. The topological polar surface area (TPSA) is 79.2 Å². The molecular weight excluding hydrogens is 288 g/mol. The van der Waals surface area contributed by atoms with Gasteiger partial charge in [-0.3, -0.25) is 4.99 Å². The lowest BCUT2D eigenvalue weighted by atomic mass is 9.95. The van der Waals surface area contributed by atoms with Crippen LogP contribution in [0.1, 0.15) is 37.7 Å². The molecule has 0 amide bonds. The van der Waals surface area contributed by atoms with Gasteiger partial charge in [-0.2, -0.15) is 5.26 Å². The Labute approximate surface area is 136 Å². The zero-order valence-electron chi connectivity index (χ0n) is 13.2. The van der Waals surface area contributed by atoms with Gasteiger partial charge in [-0.15, -0.1) is 0 Å². The van der Waals surface area contributed by atoms with Crippen LogP contribution in [0.3, 0.4) is 0 Å². The van der Waals surface area contributed by atoms with Crippen LogP contribution in [-0.2, 0) is 0 Å². The van der Waals surface area contributed by atoms with Crippen molar-refractivity contribution in [3.8, 4) is 6.07 Å². The van der Waals surface area contributed by atoms with Gasteiger partial charge >= 0.3 is 0 Å². The molecule has 1 fully saturated rings. The number of hydrogen-bond donors (Lipinski definition) is 3. The first-order valence-electron chi connectivity index (χ1n) is 8.43. The summed E-state index contributed by atoms with van der Waals surface area (Å²) in [6.07, 6.45) is 9.74. The van der Waals surface area contributed by atoms with Crippen molar-refractivity contribution in [1.82, 2.24) is 15.4 Å². The smallest absolute Gasteiger partial charge is 0.114 e. The molecule has 0 saturated heterocycles. The minimum absolute atomic E-state index is 0.271. The summed E-state index contributed by atoms with van der Waals surface area (Å²) in [6, 6.07) is 4.71. The van der Waals surface area contributed by atoms with Crippen LogP contribution in [0.5, 0.6) is 0 Å². The highest BCUT2D eigenvalue weighted by atomic mass is 15.5. The SMILES string of the molecule is N#CCC(C1CCCC1)N1C=C(C2=NCNc3[nH]ccc32)CN1. The van der Waals surface area contributed by atoms with E-state index in [9.17, 15) is 5.26 Å². The maximum absolute atomic E-state index is 9.21. The van der Waals surface area contributed by atoms with E-state index in [1.807, 2.05) is 6.20 Å². The van der Waals surface area contributed by atoms with Gasteiger partial charge in [0.1, 0.15) is 12.5 Å². The number of nitriles is 1. The van der Waals surface area contributed by atoms with E-state index in [1.165, 1.54) is 31.3 Å². The molecule has 4 rings (SSSR count). The van der Waals surface area contributed by atoms with Gasteiger partial charge in [0.15, 0.2) is 0 Å². The third kappa shape index (κ3) is 2.62. The average molecular weight is 310 g/mol. The Hall–Kier alpha value is -2.26. The number of rotatable bonds is 4. The molecule has 120 valence electrons. The summed E-state index contributed by atoms with van der Waals surface area (Å²) in [5.41, 5.74) is 6.85. The van der Waals surface area contributed by atoms with Crippen molar-refractivity contribution in [1.29, 1.82) is 5.26 Å². The predicted octanol–water partition coefficient (Wildman–Crippen LogP) is 2.36. The normalized spacial score (nSPS) is 22.1. The maximum Gasteiger partial charge on any atom is 0.114 e. The molecule has 6 heteroatoms. The first-order chi connectivity index (χ1) is 11.4. The lowest BCUT2D eigenvalue weighted by Crippen LogP contribution is -2.42. The van der Waals surface area contributed by atoms with Gasteiger partial charge in [-0.25, -0.2) is 5.43 Å². The number of aromatic nitrogens is 1. The van der Waals surface area contributed by atoms with Gasteiger partial charge in [0, 0.05) is 30.1 Å². The molecule has 2 aliphatic heterocycles. The van der Waals surface area contributed by atoms with Crippen molar-refractivity contribution in [2.75, 3.05) is 18.5 Å². The molecule has 1 aromatic rings. The highest BCUT2D eigenvalue weighted by Crippen LogP contribution is 2.33. The van der Waals surface area contributed by atoms with Crippen molar-refractivity contribution in [2.24, 2.45) is 10.9 Å². The molecule has 3 aliphatic rings. The Morgan fingerprint density at radius 3 is 3.09 bits per heavy atom. The fourth-order valence-corrected chi connectivity index (χ4v) is 3.99. The van der Waals surface area contributed by atoms with Crippen LogP contribution in [-0.4, -0.2) is 35.0 Å². The number of nitrogens with one attached hydrogen (secondary N) is 3. The second-order valence-electron chi connectivity index (χ2n) is 6.48. The Balaban J connectivity index is 1.57. The fourth-order valence-electron chi connectivity index (χ4n) is 3.99. The van der Waals surface area contributed by atoms with E-state index < -0.39 is 0 Å². The summed E-state index contributed by atoms with van der Waals surface area (Å²) in [5, 5.41) is 14.6. The molecule has 1 unspecified atom stereocenters. The number of hydrazine groups is 1. The van der Waals surface area contributed by atoms with Crippen molar-refractivity contribution >= 4 is 11.5 Å². The standard InChI is InChI=1S/C17H22N6/c18-7-5-15(12-3-1-2-4-12)23-10-13(9-22-23)16-14-6-8-19-17(14)21-11-20-16/h6,8,10,12,15,19,21-22H,1-5,9,11H2. The van der Waals surface area contributed by atoms with Crippen LogP contribution < -0.4 is 10.7 Å². The third-order valence-electron chi connectivity index (χ3n) is 5.15. The Kier molecular flexibility index (Phi) is 3.80. The van der Waals surface area contributed by atoms with E-state index in [0.717, 1.165) is 23.6 Å². The number of anilines is 1. The molecule has 0 bridgehead atoms. The third-order valence-corrected chi connectivity index (χ3v) is 5.15. The van der Waals surface area contributed by atoms with Gasteiger partial charge in [0.05, 0.1) is 24.2 Å². The van der Waals surface area contributed by atoms with Crippen molar-refractivity contribution in [2.45, 2.75) is 38.1 Å². The first-order valence-corrected chi connectivity index (χ1v) is 8.43. The molecule has 0 radical (unpaired) electrons. The Bertz CT molecular complexity index is 674. The fraction of sp³-hybridized carbons (Fsp3) is 0.529. The number of H-pyrrole nitrogens is 1. The van der Waals surface area contributed by atoms with Crippen molar-refractivity contribution in [3.63, 3.8) is 0 Å². The van der Waals surface area contributed by atoms with E-state index in [4.69, 9.17) is 0 Å². The lowest BCUT2D eigenvalue weighted by Gasteiger charge is -2.30. The molecular formula is C17H22N6. The molecule has 1 aromatic heterocycles. The molecule has 23 heavy (non-hydrogen) atoms. The molecule has 1 aliphatic carbocycles. The van der Waals surface area contributed by atoms with E-state index in [2.05, 4.69) is 44.1 Å². The van der Waals surface area contributed by atoms with Crippen LogP contribution in [0.4, 0.5) is 5.82 Å². The Morgan fingerprint density at radius 2 is 2.26 bits per heavy atom. The van der Waals surface area contributed by atoms with Crippen molar-refractivity contribution < 1.29 is 0 Å². The second-order valence-corrected chi connectivity index (χ2v) is 6.48. The van der Waals surface area contributed by atoms with Gasteiger partial charge in [-0.1, -0.05) is 12.8 Å². The quantitative estimate of drug-likeness (QED) is 0.797. The number of nitrogens with zero attached hydrogens (tertiary/aromatic N) is 3. The molecule has 1 saturated carbocycles. The van der Waals surface area contributed by atoms with Gasteiger partial charge < -0.3 is 15.3 Å². The maximum atomic E-state index is 9.21. The number of aliphatic imine (C=N–C) groups is 1. The zero-order chi connectivity index (χ0) is 15.6. The first kappa shape index (κ1) is 14.3. The number of hydrogen-bond acceptors (Lipinski definition) is 5. The van der Waals surface area contributed by atoms with E-state index >= 15 is 0 Å². The van der Waals surface area contributed by atoms with Crippen LogP contribution in [0.25, 0.3) is 0 Å². The van der Waals surface area contributed by atoms with Crippen LogP contribution in [0.2, 0.25) is 0 Å². The number of fused-ring (bicyclic) bond motifs is 1. The summed E-state index contributed by atoms with van der Waals surface area (Å²) in [4.78, 5) is 7.86. The summed E-state index contributed by atoms with van der Waals surface area (Å²) in [6.45, 7) is 1.38. The zero-order valence-corrected chi connectivity index (χ0v) is 13.2. The predicted molar refractivity (Wildman–Crippen MR) is 89.7 cm³/mol. The van der Waals surface area contributed by atoms with Crippen LogP contribution in [0, 0.1) is 17.2 Å². The molecule has 3 N–H and O–H groups in total. The Morgan fingerprint density at radius 1 is 1.39 bits per heavy atom. The molecule has 3 heterocycles. The van der Waals surface area contributed by atoms with Crippen LogP contribution >= 0.6 is 0 Å². The summed E-state index contributed by atoms with van der Waals surface area (Å²) < 4.78 is 0. The summed E-state index contributed by atoms with van der Waals surface area (Å²) >= 11 is 0. The monoisotopic (exact) mass is 310 g/mol. The van der Waals surface area contributed by atoms with E-state index in [0.29, 0.717) is 19.0 Å². The van der Waals surface area contributed by atoms with Gasteiger partial charge in [0.2, 0.25) is 0 Å². The second kappa shape index (κ2) is 6.09. The van der Waals surface area contributed by atoms with Gasteiger partial charge in [-0.05, 0) is 24.8 Å². The van der Waals surface area contributed by atoms with E-state index in [1.54, 1.807) is 0 Å². The van der Waals surface area contributed by atoms with Crippen LogP contribution in [0.15, 0.2) is 29.0 Å². The molecule has 0 spiro atoms. The molecule has 1 atom stereocenters. The lowest BCUT2D eigenvalue weighted by molar-refractivity contribution is 0.163. The minimum atomic E-state index is 0.271. The average Bonchev–Trinajstić information content (AvgIpc) is 3.32. The van der Waals surface area contributed by atoms with Crippen molar-refractivity contribution in [3.05, 3.63) is 29.6 Å². The summed E-state index contributed by atoms with van der Waals surface area (Å²) in [7, 11) is 0. The molecule has 0 aromatic carbocycles. The number of aromatic amines is 1.